The molecule has 2 aromatic rings. The minimum Gasteiger partial charge on any atom is -0.481 e. The smallest absolute Gasteiger partial charge is 0.304 e. The van der Waals surface area contributed by atoms with E-state index in [9.17, 15) is 19.5 Å². The Bertz CT molecular complexity index is 794. The molecule has 3 rings (SSSR count). The summed E-state index contributed by atoms with van der Waals surface area (Å²) in [5.41, 5.74) is 1.25. The summed E-state index contributed by atoms with van der Waals surface area (Å²) in [4.78, 5) is 36.8. The van der Waals surface area contributed by atoms with Gasteiger partial charge in [-0.3, -0.25) is 19.3 Å². The minimum atomic E-state index is -1.31. The maximum Gasteiger partial charge on any atom is 0.304 e. The molecule has 1 aliphatic heterocycles. The number of aliphatic carboxylic acids is 1. The third-order valence-electron chi connectivity index (χ3n) is 4.54. The van der Waals surface area contributed by atoms with Crippen LogP contribution in [-0.2, 0) is 19.8 Å². The number of likely N-dealkylation sites (N-methyl/N-ethyl adjacent to an activating group) is 1. The summed E-state index contributed by atoms with van der Waals surface area (Å²) in [5.74, 6) is -1.91. The largest absolute Gasteiger partial charge is 0.481 e. The number of benzene rings is 2. The number of likely N-dealkylation sites (tertiary alicyclic amines) is 1. The zero-order chi connectivity index (χ0) is 17.3. The lowest BCUT2D eigenvalue weighted by Crippen LogP contribution is -2.38. The predicted octanol–water partition coefficient (Wildman–Crippen LogP) is 2.45. The topological polar surface area (TPSA) is 74.7 Å². The van der Waals surface area contributed by atoms with E-state index in [-0.39, 0.29) is 12.3 Å². The third-order valence-corrected chi connectivity index (χ3v) is 4.54. The molecule has 2 amide bonds. The fraction of sp³-hybridized carbons (Fsp3) is 0.211. The van der Waals surface area contributed by atoms with Crippen LogP contribution in [0.3, 0.4) is 0 Å². The Morgan fingerprint density at radius 2 is 1.62 bits per heavy atom. The molecule has 5 heteroatoms. The molecule has 2 aromatic carbocycles. The summed E-state index contributed by atoms with van der Waals surface area (Å²) < 4.78 is 0. The van der Waals surface area contributed by atoms with Gasteiger partial charge in [0, 0.05) is 13.5 Å². The van der Waals surface area contributed by atoms with E-state index in [0.717, 1.165) is 16.0 Å². The second kappa shape index (κ2) is 5.92. The van der Waals surface area contributed by atoms with Crippen molar-refractivity contribution in [2.24, 2.45) is 0 Å². The summed E-state index contributed by atoms with van der Waals surface area (Å²) >= 11 is 0. The minimum absolute atomic E-state index is 0.112. The number of hydrogen-bond donors (Lipinski definition) is 1. The zero-order valence-corrected chi connectivity index (χ0v) is 13.2. The first-order valence-electron chi connectivity index (χ1n) is 7.63. The standard InChI is InChI=1S/C19H17NO4/c1-20-16(21)11-19(18(20)24,12-17(22)23)15-9-7-14(8-10-15)13-5-3-2-4-6-13/h2-10H,11-12H2,1H3,(H,22,23). The van der Waals surface area contributed by atoms with Gasteiger partial charge in [0.25, 0.3) is 0 Å². The average molecular weight is 323 g/mol. The Hall–Kier alpha value is -2.95. The van der Waals surface area contributed by atoms with Crippen molar-refractivity contribution in [3.05, 3.63) is 60.2 Å². The van der Waals surface area contributed by atoms with E-state index in [1.165, 1.54) is 7.05 Å². The average Bonchev–Trinajstić information content (AvgIpc) is 2.80. The highest BCUT2D eigenvalue weighted by molar-refractivity contribution is 6.10. The summed E-state index contributed by atoms with van der Waals surface area (Å²) in [6.45, 7) is 0. The van der Waals surface area contributed by atoms with Crippen molar-refractivity contribution in [2.75, 3.05) is 7.05 Å². The first kappa shape index (κ1) is 15.9. The molecule has 24 heavy (non-hydrogen) atoms. The van der Waals surface area contributed by atoms with Gasteiger partial charge in [0.05, 0.1) is 11.8 Å². The van der Waals surface area contributed by atoms with E-state index >= 15 is 0 Å². The van der Waals surface area contributed by atoms with Crippen LogP contribution in [0.4, 0.5) is 0 Å². The molecule has 0 spiro atoms. The first-order valence-corrected chi connectivity index (χ1v) is 7.63. The maximum absolute atomic E-state index is 12.6. The van der Waals surface area contributed by atoms with Gasteiger partial charge in [-0.2, -0.15) is 0 Å². The Balaban J connectivity index is 2.02. The molecule has 1 aliphatic rings. The van der Waals surface area contributed by atoms with Crippen LogP contribution >= 0.6 is 0 Å². The van der Waals surface area contributed by atoms with Gasteiger partial charge in [0.1, 0.15) is 0 Å². The number of hydrogen-bond acceptors (Lipinski definition) is 3. The van der Waals surface area contributed by atoms with E-state index in [2.05, 4.69) is 0 Å². The maximum atomic E-state index is 12.6. The molecule has 1 fully saturated rings. The molecule has 1 heterocycles. The van der Waals surface area contributed by atoms with Crippen LogP contribution in [0.2, 0.25) is 0 Å². The highest BCUT2D eigenvalue weighted by Crippen LogP contribution is 2.39. The van der Waals surface area contributed by atoms with Crippen LogP contribution in [0.15, 0.2) is 54.6 Å². The van der Waals surface area contributed by atoms with Crippen molar-refractivity contribution < 1.29 is 19.5 Å². The van der Waals surface area contributed by atoms with Crippen LogP contribution < -0.4 is 0 Å². The Kier molecular flexibility index (Phi) is 3.93. The quantitative estimate of drug-likeness (QED) is 0.877. The summed E-state index contributed by atoms with van der Waals surface area (Å²) in [7, 11) is 1.40. The molecule has 0 aliphatic carbocycles. The number of carboxylic acids is 1. The lowest BCUT2D eigenvalue weighted by molar-refractivity contribution is -0.144. The first-order chi connectivity index (χ1) is 11.4. The van der Waals surface area contributed by atoms with Gasteiger partial charge in [-0.1, -0.05) is 54.6 Å². The van der Waals surface area contributed by atoms with Crippen molar-refractivity contribution in [2.45, 2.75) is 18.3 Å². The third kappa shape index (κ3) is 2.58. The molecule has 0 radical (unpaired) electrons. The van der Waals surface area contributed by atoms with Crippen LogP contribution in [0.1, 0.15) is 18.4 Å². The summed E-state index contributed by atoms with van der Waals surface area (Å²) in [6, 6.07) is 16.9. The van der Waals surface area contributed by atoms with Crippen LogP contribution in [-0.4, -0.2) is 34.8 Å². The van der Waals surface area contributed by atoms with E-state index in [4.69, 9.17) is 0 Å². The van der Waals surface area contributed by atoms with Crippen LogP contribution in [0, 0.1) is 0 Å². The molecule has 5 nitrogen and oxygen atoms in total. The zero-order valence-electron chi connectivity index (χ0n) is 13.2. The molecule has 122 valence electrons. The van der Waals surface area contributed by atoms with E-state index in [1.807, 2.05) is 42.5 Å². The highest BCUT2D eigenvalue weighted by Gasteiger charge is 2.52. The molecule has 0 bridgehead atoms. The van der Waals surface area contributed by atoms with Crippen molar-refractivity contribution in [3.63, 3.8) is 0 Å². The van der Waals surface area contributed by atoms with Gasteiger partial charge in [-0.25, -0.2) is 0 Å². The van der Waals surface area contributed by atoms with Crippen molar-refractivity contribution >= 4 is 17.8 Å². The van der Waals surface area contributed by atoms with Gasteiger partial charge >= 0.3 is 5.97 Å². The number of carbonyl (C=O) groups is 3. The lowest BCUT2D eigenvalue weighted by Gasteiger charge is -2.25. The summed E-state index contributed by atoms with van der Waals surface area (Å²) in [6.07, 6.45) is -0.508. The number of imide groups is 1. The van der Waals surface area contributed by atoms with Crippen LogP contribution in [0.25, 0.3) is 11.1 Å². The normalized spacial score (nSPS) is 20.5. The fourth-order valence-corrected chi connectivity index (χ4v) is 3.22. The van der Waals surface area contributed by atoms with Crippen molar-refractivity contribution in [1.29, 1.82) is 0 Å². The van der Waals surface area contributed by atoms with Crippen LogP contribution in [0.5, 0.6) is 0 Å². The summed E-state index contributed by atoms with van der Waals surface area (Å²) in [5, 5.41) is 9.24. The number of carboxylic acid groups (broad SMARTS) is 1. The van der Waals surface area contributed by atoms with Gasteiger partial charge < -0.3 is 5.11 Å². The van der Waals surface area contributed by atoms with Gasteiger partial charge in [0.2, 0.25) is 11.8 Å². The lowest BCUT2D eigenvalue weighted by atomic mass is 9.75. The molecular weight excluding hydrogens is 306 g/mol. The molecule has 0 saturated carbocycles. The number of rotatable bonds is 4. The van der Waals surface area contributed by atoms with E-state index in [0.29, 0.717) is 5.56 Å². The fourth-order valence-electron chi connectivity index (χ4n) is 3.22. The molecular formula is C19H17NO4. The van der Waals surface area contributed by atoms with Gasteiger partial charge in [0.15, 0.2) is 0 Å². The van der Waals surface area contributed by atoms with Crippen molar-refractivity contribution in [1.82, 2.24) is 4.90 Å². The monoisotopic (exact) mass is 323 g/mol. The highest BCUT2D eigenvalue weighted by atomic mass is 16.4. The second-order valence-corrected chi connectivity index (χ2v) is 6.03. The molecule has 1 saturated heterocycles. The van der Waals surface area contributed by atoms with Gasteiger partial charge in [-0.05, 0) is 16.7 Å². The number of nitrogens with zero attached hydrogens (tertiary/aromatic N) is 1. The molecule has 1 unspecified atom stereocenters. The Labute approximate surface area is 139 Å². The van der Waals surface area contributed by atoms with Gasteiger partial charge in [-0.15, -0.1) is 0 Å². The number of amides is 2. The SMILES string of the molecule is CN1C(=O)CC(CC(=O)O)(c2ccc(-c3ccccc3)cc2)C1=O. The molecule has 1 N–H and O–H groups in total. The van der Waals surface area contributed by atoms with E-state index in [1.54, 1.807) is 12.1 Å². The Morgan fingerprint density at radius 3 is 2.12 bits per heavy atom. The second-order valence-electron chi connectivity index (χ2n) is 6.03. The molecule has 0 aromatic heterocycles. The number of carbonyl (C=O) groups excluding carboxylic acids is 2. The van der Waals surface area contributed by atoms with E-state index < -0.39 is 23.7 Å². The Morgan fingerprint density at radius 1 is 1.04 bits per heavy atom. The van der Waals surface area contributed by atoms with Crippen molar-refractivity contribution in [3.8, 4) is 11.1 Å². The predicted molar refractivity (Wildman–Crippen MR) is 88.2 cm³/mol. The molecule has 1 atom stereocenters.